The summed E-state index contributed by atoms with van der Waals surface area (Å²) >= 11 is 0. The van der Waals surface area contributed by atoms with Crippen molar-refractivity contribution in [3.63, 3.8) is 0 Å². The topological polar surface area (TPSA) is 23.6 Å². The number of hydrogen-bond acceptors (Lipinski definition) is 3. The van der Waals surface area contributed by atoms with Gasteiger partial charge in [-0.1, -0.05) is 102 Å². The molecule has 0 N–H and O–H groups in total. The lowest BCUT2D eigenvalue weighted by Gasteiger charge is -2.20. The molecule has 0 aliphatic carbocycles. The quantitative estimate of drug-likeness (QED) is 0.200. The number of Topliss-reactive ketones (excluding diaryl/α,β-unsaturated/α-hetero) is 1. The molecule has 0 atom stereocenters. The molecule has 194 valence electrons. The molecule has 0 aromatic heterocycles. The van der Waals surface area contributed by atoms with Crippen molar-refractivity contribution in [1.82, 2.24) is 0 Å². The Balaban J connectivity index is 1.85. The van der Waals surface area contributed by atoms with Crippen LogP contribution < -0.4 is 9.80 Å². The monoisotopic (exact) mass is 478 g/mol. The van der Waals surface area contributed by atoms with Crippen molar-refractivity contribution in [2.45, 2.75) is 96.3 Å². The number of carbonyl (C=O) groups is 1. The van der Waals surface area contributed by atoms with Gasteiger partial charge in [0, 0.05) is 46.0 Å². The Labute approximate surface area is 215 Å². The third kappa shape index (κ3) is 10.5. The van der Waals surface area contributed by atoms with Crippen LogP contribution in [0.3, 0.4) is 0 Å². The first-order valence-electron chi connectivity index (χ1n) is 14.0. The molecule has 0 fully saturated rings. The Morgan fingerprint density at radius 2 is 0.914 bits per heavy atom. The number of ketones is 1. The molecule has 2 aromatic carbocycles. The second-order valence-electron chi connectivity index (χ2n) is 10.5. The lowest BCUT2D eigenvalue weighted by atomic mass is 9.85. The zero-order chi connectivity index (χ0) is 25.5. The van der Waals surface area contributed by atoms with E-state index >= 15 is 0 Å². The van der Waals surface area contributed by atoms with Crippen LogP contribution in [-0.2, 0) is 4.79 Å². The summed E-state index contributed by atoms with van der Waals surface area (Å²) in [6.07, 6.45) is 16.4. The van der Waals surface area contributed by atoms with E-state index in [-0.39, 0.29) is 5.92 Å². The van der Waals surface area contributed by atoms with E-state index in [0.29, 0.717) is 12.2 Å². The second-order valence-corrected chi connectivity index (χ2v) is 10.5. The predicted octanol–water partition coefficient (Wildman–Crippen LogP) is 8.61. The van der Waals surface area contributed by atoms with Gasteiger partial charge in [0.25, 0.3) is 0 Å². The van der Waals surface area contributed by atoms with Gasteiger partial charge in [0.1, 0.15) is 5.78 Å². The van der Waals surface area contributed by atoms with Crippen molar-refractivity contribution in [1.29, 1.82) is 0 Å². The summed E-state index contributed by atoms with van der Waals surface area (Å²) in [6.45, 7) is 2.28. The molecule has 35 heavy (non-hydrogen) atoms. The average molecular weight is 479 g/mol. The van der Waals surface area contributed by atoms with Gasteiger partial charge in [-0.2, -0.15) is 0 Å². The summed E-state index contributed by atoms with van der Waals surface area (Å²) in [5.74, 6) is 0.155. The number of anilines is 2. The van der Waals surface area contributed by atoms with Crippen molar-refractivity contribution in [3.8, 4) is 0 Å². The van der Waals surface area contributed by atoms with Crippen molar-refractivity contribution < 1.29 is 4.79 Å². The van der Waals surface area contributed by atoms with Crippen LogP contribution >= 0.6 is 0 Å². The lowest BCUT2D eigenvalue weighted by Crippen LogP contribution is -2.15. The Morgan fingerprint density at radius 3 is 1.26 bits per heavy atom. The van der Waals surface area contributed by atoms with E-state index in [1.165, 1.54) is 64.2 Å². The summed E-state index contributed by atoms with van der Waals surface area (Å²) < 4.78 is 0. The first-order chi connectivity index (χ1) is 16.9. The van der Waals surface area contributed by atoms with Crippen LogP contribution in [0.2, 0.25) is 0 Å². The zero-order valence-electron chi connectivity index (χ0n) is 23.2. The van der Waals surface area contributed by atoms with Gasteiger partial charge in [0.15, 0.2) is 0 Å². The molecule has 0 unspecified atom stereocenters. The largest absolute Gasteiger partial charge is 0.378 e. The molecule has 3 nitrogen and oxygen atoms in total. The molecule has 0 bridgehead atoms. The third-order valence-corrected chi connectivity index (χ3v) is 7.08. The van der Waals surface area contributed by atoms with Crippen LogP contribution in [0.25, 0.3) is 0 Å². The van der Waals surface area contributed by atoms with E-state index in [9.17, 15) is 4.79 Å². The average Bonchev–Trinajstić information content (AvgIpc) is 2.85. The number of nitrogens with zero attached hydrogens (tertiary/aromatic N) is 2. The molecular formula is C32H50N2O. The highest BCUT2D eigenvalue weighted by Crippen LogP contribution is 2.30. The van der Waals surface area contributed by atoms with Gasteiger partial charge in [-0.3, -0.25) is 4.79 Å². The molecule has 0 spiro atoms. The van der Waals surface area contributed by atoms with Crippen molar-refractivity contribution in [2.75, 3.05) is 38.0 Å². The molecule has 0 aliphatic heterocycles. The van der Waals surface area contributed by atoms with Crippen LogP contribution in [-0.4, -0.2) is 34.0 Å². The fraction of sp³-hybridized carbons (Fsp3) is 0.594. The molecule has 2 aromatic rings. The van der Waals surface area contributed by atoms with Crippen LogP contribution in [0.4, 0.5) is 11.4 Å². The SMILES string of the molecule is CCCCCCCCCCCCCCC(=O)C(c1ccc(N(C)C)cc1)c1ccc(N(C)C)cc1. The van der Waals surface area contributed by atoms with Crippen molar-refractivity contribution >= 4 is 17.2 Å². The molecular weight excluding hydrogens is 428 g/mol. The van der Waals surface area contributed by atoms with Crippen LogP contribution in [0, 0.1) is 0 Å². The molecule has 0 aliphatic rings. The highest BCUT2D eigenvalue weighted by molar-refractivity contribution is 5.89. The molecule has 0 radical (unpaired) electrons. The van der Waals surface area contributed by atoms with E-state index in [0.717, 1.165) is 35.3 Å². The fourth-order valence-corrected chi connectivity index (χ4v) is 4.78. The van der Waals surface area contributed by atoms with E-state index in [2.05, 4.69) is 65.3 Å². The van der Waals surface area contributed by atoms with Crippen LogP contribution in [0.1, 0.15) is 107 Å². The highest BCUT2D eigenvalue weighted by atomic mass is 16.1. The number of hydrogen-bond donors (Lipinski definition) is 0. The van der Waals surface area contributed by atoms with Crippen molar-refractivity contribution in [2.24, 2.45) is 0 Å². The van der Waals surface area contributed by atoms with Crippen LogP contribution in [0.15, 0.2) is 48.5 Å². The van der Waals surface area contributed by atoms with Gasteiger partial charge >= 0.3 is 0 Å². The van der Waals surface area contributed by atoms with Gasteiger partial charge in [0.05, 0.1) is 5.92 Å². The lowest BCUT2D eigenvalue weighted by molar-refractivity contribution is -0.119. The van der Waals surface area contributed by atoms with Crippen molar-refractivity contribution in [3.05, 3.63) is 59.7 Å². The smallest absolute Gasteiger partial charge is 0.144 e. The summed E-state index contributed by atoms with van der Waals surface area (Å²) in [4.78, 5) is 17.6. The Hall–Kier alpha value is -2.29. The standard InChI is InChI=1S/C32H50N2O/c1-6-7-8-9-10-11-12-13-14-15-16-17-18-31(35)32(27-19-23-29(24-20-27)33(2)3)28-21-25-30(26-22-28)34(4)5/h19-26,32H,6-18H2,1-5H3. The normalized spacial score (nSPS) is 11.1. The highest BCUT2D eigenvalue weighted by Gasteiger charge is 2.22. The zero-order valence-corrected chi connectivity index (χ0v) is 23.2. The molecule has 0 saturated carbocycles. The molecule has 2 rings (SSSR count). The van der Waals surface area contributed by atoms with E-state index in [1.54, 1.807) is 0 Å². The minimum Gasteiger partial charge on any atom is -0.378 e. The van der Waals surface area contributed by atoms with Gasteiger partial charge in [-0.25, -0.2) is 0 Å². The minimum absolute atomic E-state index is 0.185. The molecule has 0 heterocycles. The van der Waals surface area contributed by atoms with E-state index in [4.69, 9.17) is 0 Å². The van der Waals surface area contributed by atoms with Gasteiger partial charge in [0.2, 0.25) is 0 Å². The summed E-state index contributed by atoms with van der Waals surface area (Å²) in [5, 5.41) is 0. The first-order valence-corrected chi connectivity index (χ1v) is 14.0. The molecule has 3 heteroatoms. The summed E-state index contributed by atoms with van der Waals surface area (Å²) in [6, 6.07) is 17.0. The number of unbranched alkanes of at least 4 members (excludes halogenated alkanes) is 11. The molecule has 0 amide bonds. The maximum atomic E-state index is 13.4. The first kappa shape index (κ1) is 28.9. The maximum absolute atomic E-state index is 13.4. The van der Waals surface area contributed by atoms with Gasteiger partial charge < -0.3 is 9.80 Å². The Bertz CT molecular complexity index is 772. The maximum Gasteiger partial charge on any atom is 0.144 e. The summed E-state index contributed by atoms with van der Waals surface area (Å²) in [7, 11) is 8.19. The van der Waals surface area contributed by atoms with E-state index < -0.39 is 0 Å². The molecule has 0 saturated heterocycles. The Morgan fingerprint density at radius 1 is 0.571 bits per heavy atom. The van der Waals surface area contributed by atoms with Gasteiger partial charge in [-0.05, 0) is 41.8 Å². The van der Waals surface area contributed by atoms with Crippen LogP contribution in [0.5, 0.6) is 0 Å². The Kier molecular flexibility index (Phi) is 13.6. The predicted molar refractivity (Wildman–Crippen MR) is 154 cm³/mol. The number of benzene rings is 2. The summed E-state index contributed by atoms with van der Waals surface area (Å²) in [5.41, 5.74) is 4.50. The second kappa shape index (κ2) is 16.4. The third-order valence-electron chi connectivity index (χ3n) is 7.08. The van der Waals surface area contributed by atoms with Gasteiger partial charge in [-0.15, -0.1) is 0 Å². The van der Waals surface area contributed by atoms with E-state index in [1.807, 2.05) is 28.2 Å². The minimum atomic E-state index is -0.185. The fourth-order valence-electron chi connectivity index (χ4n) is 4.78. The number of carbonyl (C=O) groups excluding carboxylic acids is 1. The number of rotatable bonds is 18.